The number of nitrogens with zero attached hydrogens (tertiary/aromatic N) is 2. The van der Waals surface area contributed by atoms with Gasteiger partial charge in [0.15, 0.2) is 5.13 Å². The lowest BCUT2D eigenvalue weighted by Gasteiger charge is -2.03. The Labute approximate surface area is 109 Å². The van der Waals surface area contributed by atoms with Crippen molar-refractivity contribution < 1.29 is 14.4 Å². The topological polar surface area (TPSA) is 86.8 Å². The molecule has 18 heavy (non-hydrogen) atoms. The zero-order chi connectivity index (χ0) is 13.0. The van der Waals surface area contributed by atoms with Crippen molar-refractivity contribution in [2.75, 3.05) is 18.9 Å². The molecule has 6 nitrogen and oxygen atoms in total. The lowest BCUT2D eigenvalue weighted by molar-refractivity contribution is -0.135. The van der Waals surface area contributed by atoms with E-state index in [9.17, 15) is 4.79 Å². The number of carbonyl (C=O) groups is 1. The molecule has 1 heterocycles. The number of anilines is 1. The summed E-state index contributed by atoms with van der Waals surface area (Å²) in [5.74, 6) is 0.0243. The van der Waals surface area contributed by atoms with Crippen LogP contribution in [0.15, 0.2) is 10.5 Å². The number of hydrogen-bond donors (Lipinski definition) is 1. The van der Waals surface area contributed by atoms with Gasteiger partial charge >= 0.3 is 5.97 Å². The van der Waals surface area contributed by atoms with Gasteiger partial charge in [-0.2, -0.15) is 0 Å². The highest BCUT2D eigenvalue weighted by Crippen LogP contribution is 2.28. The lowest BCUT2D eigenvalue weighted by atomic mass is 10.3. The van der Waals surface area contributed by atoms with E-state index in [1.165, 1.54) is 11.3 Å². The predicted octanol–water partition coefficient (Wildman–Crippen LogP) is 1.42. The van der Waals surface area contributed by atoms with Crippen molar-refractivity contribution in [3.05, 3.63) is 11.1 Å². The van der Waals surface area contributed by atoms with Gasteiger partial charge in [0.1, 0.15) is 12.3 Å². The fourth-order valence-electron chi connectivity index (χ4n) is 1.28. The molecule has 1 saturated carbocycles. The third-order valence-electron chi connectivity index (χ3n) is 2.40. The van der Waals surface area contributed by atoms with Crippen molar-refractivity contribution in [2.24, 2.45) is 11.1 Å². The smallest absolute Gasteiger partial charge is 0.362 e. The number of carbonyl (C=O) groups excluding carboxylic acids is 1. The number of hydrogen-bond acceptors (Lipinski definition) is 7. The second kappa shape index (κ2) is 5.81. The minimum Gasteiger partial charge on any atom is -0.461 e. The van der Waals surface area contributed by atoms with Crippen molar-refractivity contribution in [3.8, 4) is 0 Å². The first-order valence-electron chi connectivity index (χ1n) is 5.79. The number of ether oxygens (including phenoxy) is 1. The fraction of sp³-hybridized carbons (Fsp3) is 0.545. The summed E-state index contributed by atoms with van der Waals surface area (Å²) >= 11 is 1.24. The van der Waals surface area contributed by atoms with Crippen LogP contribution in [0.3, 0.4) is 0 Å². The molecule has 0 aromatic carbocycles. The summed E-state index contributed by atoms with van der Waals surface area (Å²) in [6, 6.07) is 0. The van der Waals surface area contributed by atoms with Crippen molar-refractivity contribution >= 4 is 28.1 Å². The quantitative estimate of drug-likeness (QED) is 0.479. The third kappa shape index (κ3) is 3.43. The molecular formula is C11H15N3O3S. The Morgan fingerprint density at radius 3 is 3.00 bits per heavy atom. The van der Waals surface area contributed by atoms with Crippen LogP contribution in [0.4, 0.5) is 5.13 Å². The van der Waals surface area contributed by atoms with Gasteiger partial charge < -0.3 is 15.3 Å². The maximum atomic E-state index is 11.7. The number of nitrogen functional groups attached to an aromatic ring is 1. The lowest BCUT2D eigenvalue weighted by Crippen LogP contribution is -2.20. The van der Waals surface area contributed by atoms with Crippen LogP contribution < -0.4 is 5.73 Å². The summed E-state index contributed by atoms with van der Waals surface area (Å²) in [6.45, 7) is 2.54. The molecule has 7 heteroatoms. The molecular weight excluding hydrogens is 254 g/mol. The second-order valence-electron chi connectivity index (χ2n) is 3.97. The van der Waals surface area contributed by atoms with Crippen molar-refractivity contribution in [2.45, 2.75) is 19.8 Å². The monoisotopic (exact) mass is 269 g/mol. The number of thiazole rings is 1. The van der Waals surface area contributed by atoms with E-state index in [0.29, 0.717) is 23.4 Å². The van der Waals surface area contributed by atoms with Crippen molar-refractivity contribution in [1.82, 2.24) is 4.98 Å². The van der Waals surface area contributed by atoms with E-state index in [4.69, 9.17) is 15.3 Å². The minimum absolute atomic E-state index is 0.0745. The number of nitrogens with two attached hydrogens (primary N) is 1. The van der Waals surface area contributed by atoms with Crippen LogP contribution in [0.1, 0.15) is 25.5 Å². The summed E-state index contributed by atoms with van der Waals surface area (Å²) in [5, 5.41) is 5.87. The Kier molecular flexibility index (Phi) is 4.14. The number of aromatic nitrogens is 1. The summed E-state index contributed by atoms with van der Waals surface area (Å²) in [4.78, 5) is 20.9. The maximum absolute atomic E-state index is 11.7. The largest absolute Gasteiger partial charge is 0.461 e. The highest BCUT2D eigenvalue weighted by Gasteiger charge is 2.23. The molecule has 2 N–H and O–H groups in total. The van der Waals surface area contributed by atoms with E-state index in [0.717, 1.165) is 12.8 Å². The molecule has 0 bridgehead atoms. The van der Waals surface area contributed by atoms with Gasteiger partial charge in [-0.05, 0) is 25.7 Å². The Morgan fingerprint density at radius 1 is 1.67 bits per heavy atom. The molecule has 0 aliphatic heterocycles. The van der Waals surface area contributed by atoms with Gasteiger partial charge in [0.25, 0.3) is 0 Å². The molecule has 98 valence electrons. The molecule has 1 fully saturated rings. The molecule has 0 radical (unpaired) electrons. The molecule has 0 unspecified atom stereocenters. The number of esters is 1. The normalized spacial score (nSPS) is 15.5. The van der Waals surface area contributed by atoms with E-state index in [2.05, 4.69) is 10.1 Å². The van der Waals surface area contributed by atoms with Gasteiger partial charge in [0, 0.05) is 5.38 Å². The first-order chi connectivity index (χ1) is 8.70. The van der Waals surface area contributed by atoms with Crippen LogP contribution in [-0.2, 0) is 14.4 Å². The van der Waals surface area contributed by atoms with E-state index in [-0.39, 0.29) is 12.3 Å². The van der Waals surface area contributed by atoms with Crippen molar-refractivity contribution in [3.63, 3.8) is 0 Å². The van der Waals surface area contributed by atoms with Gasteiger partial charge in [-0.15, -0.1) is 11.3 Å². The Hall–Kier alpha value is -1.63. The SMILES string of the molecule is CCOC(=O)C(=NOCC1CC1)c1csc(N)n1. The molecule has 0 atom stereocenters. The van der Waals surface area contributed by atoms with Gasteiger partial charge in [-0.3, -0.25) is 0 Å². The molecule has 0 amide bonds. The van der Waals surface area contributed by atoms with Crippen molar-refractivity contribution in [1.29, 1.82) is 0 Å². The predicted molar refractivity (Wildman–Crippen MR) is 68.4 cm³/mol. The number of oxime groups is 1. The summed E-state index contributed by atoms with van der Waals surface area (Å²) in [5.41, 5.74) is 6.01. The van der Waals surface area contributed by atoms with E-state index < -0.39 is 5.97 Å². The molecule has 1 aliphatic rings. The van der Waals surface area contributed by atoms with Crippen LogP contribution >= 0.6 is 11.3 Å². The van der Waals surface area contributed by atoms with Gasteiger partial charge in [0.05, 0.1) is 6.61 Å². The second-order valence-corrected chi connectivity index (χ2v) is 4.86. The maximum Gasteiger partial charge on any atom is 0.362 e. The summed E-state index contributed by atoms with van der Waals surface area (Å²) in [6.07, 6.45) is 2.32. The van der Waals surface area contributed by atoms with Gasteiger partial charge in [0.2, 0.25) is 5.71 Å². The van der Waals surface area contributed by atoms with Gasteiger partial charge in [-0.25, -0.2) is 9.78 Å². The van der Waals surface area contributed by atoms with Crippen LogP contribution in [0, 0.1) is 5.92 Å². The van der Waals surface area contributed by atoms with Crippen LogP contribution in [0.5, 0.6) is 0 Å². The minimum atomic E-state index is -0.543. The third-order valence-corrected chi connectivity index (χ3v) is 3.07. The summed E-state index contributed by atoms with van der Waals surface area (Å²) in [7, 11) is 0. The standard InChI is InChI=1S/C11H15N3O3S/c1-2-16-10(15)9(8-6-18-11(12)13-8)14-17-5-7-3-4-7/h6-7H,2-5H2,1H3,(H2,12,13). The molecule has 0 saturated heterocycles. The first-order valence-corrected chi connectivity index (χ1v) is 6.67. The van der Waals surface area contributed by atoms with Crippen LogP contribution in [-0.4, -0.2) is 29.9 Å². The zero-order valence-electron chi connectivity index (χ0n) is 10.1. The molecule has 1 aromatic heterocycles. The molecule has 2 rings (SSSR count). The fourth-order valence-corrected chi connectivity index (χ4v) is 1.82. The molecule has 1 aliphatic carbocycles. The van der Waals surface area contributed by atoms with E-state index >= 15 is 0 Å². The Morgan fingerprint density at radius 2 is 2.44 bits per heavy atom. The number of rotatable bonds is 6. The van der Waals surface area contributed by atoms with Crippen LogP contribution in [0.2, 0.25) is 0 Å². The Bertz CT molecular complexity index is 454. The Balaban J connectivity index is 2.07. The summed E-state index contributed by atoms with van der Waals surface area (Å²) < 4.78 is 4.91. The highest BCUT2D eigenvalue weighted by atomic mass is 32.1. The molecule has 1 aromatic rings. The average Bonchev–Trinajstić information content (AvgIpc) is 3.06. The highest BCUT2D eigenvalue weighted by molar-refractivity contribution is 7.13. The van der Waals surface area contributed by atoms with Crippen LogP contribution in [0.25, 0.3) is 0 Å². The van der Waals surface area contributed by atoms with E-state index in [1.54, 1.807) is 12.3 Å². The van der Waals surface area contributed by atoms with E-state index in [1.807, 2.05) is 0 Å². The average molecular weight is 269 g/mol. The zero-order valence-corrected chi connectivity index (χ0v) is 10.9. The first kappa shape index (κ1) is 12.8. The molecule has 0 spiro atoms. The van der Waals surface area contributed by atoms with Gasteiger partial charge in [-0.1, -0.05) is 5.16 Å².